The van der Waals surface area contributed by atoms with Gasteiger partial charge in [-0.1, -0.05) is 44.2 Å². The highest BCUT2D eigenvalue weighted by Crippen LogP contribution is 2.43. The van der Waals surface area contributed by atoms with E-state index < -0.39 is 0 Å². The van der Waals surface area contributed by atoms with Crippen molar-refractivity contribution in [3.8, 4) is 11.5 Å². The van der Waals surface area contributed by atoms with E-state index in [1.165, 1.54) is 0 Å². The third kappa shape index (κ3) is 2.26. The van der Waals surface area contributed by atoms with Crippen molar-refractivity contribution < 1.29 is 10.2 Å². The van der Waals surface area contributed by atoms with Crippen LogP contribution in [0.2, 0.25) is 0 Å². The van der Waals surface area contributed by atoms with E-state index in [-0.39, 0.29) is 5.41 Å². The van der Waals surface area contributed by atoms with E-state index in [0.29, 0.717) is 11.5 Å². The summed E-state index contributed by atoms with van der Waals surface area (Å²) in [4.78, 5) is 0. The molecule has 0 aliphatic rings. The van der Waals surface area contributed by atoms with Crippen LogP contribution in [0.4, 0.5) is 0 Å². The minimum Gasteiger partial charge on any atom is -0.508 e. The van der Waals surface area contributed by atoms with E-state index in [9.17, 15) is 10.2 Å². The largest absolute Gasteiger partial charge is 0.508 e. The predicted octanol–water partition coefficient (Wildman–Crippen LogP) is 4.51. The van der Waals surface area contributed by atoms with Crippen LogP contribution in [0.15, 0.2) is 42.5 Å². The second-order valence-electron chi connectivity index (χ2n) is 5.31. The van der Waals surface area contributed by atoms with Crippen molar-refractivity contribution >= 4 is 0 Å². The Balaban J connectivity index is 2.66. The maximum Gasteiger partial charge on any atom is 0.119 e. The molecule has 2 heteroatoms. The molecule has 0 spiro atoms. The Morgan fingerprint density at radius 2 is 1.55 bits per heavy atom. The number of hydrogen-bond donors (Lipinski definition) is 2. The zero-order valence-electron chi connectivity index (χ0n) is 12.4. The van der Waals surface area contributed by atoms with Crippen LogP contribution >= 0.6 is 0 Å². The number of phenolic OH excluding ortho intramolecular Hbond substituents is 2. The first-order valence-electron chi connectivity index (χ1n) is 7.13. The molecule has 0 saturated carbocycles. The number of para-hydroxylation sites is 1. The van der Waals surface area contributed by atoms with Gasteiger partial charge in [0.05, 0.1) is 0 Å². The summed E-state index contributed by atoms with van der Waals surface area (Å²) in [5.41, 5.74) is 2.74. The van der Waals surface area contributed by atoms with Crippen molar-refractivity contribution in [1.82, 2.24) is 0 Å². The third-order valence-electron chi connectivity index (χ3n) is 4.38. The molecule has 0 aromatic heterocycles. The summed E-state index contributed by atoms with van der Waals surface area (Å²) in [7, 11) is 0. The van der Waals surface area contributed by atoms with E-state index in [2.05, 4.69) is 13.8 Å². The molecule has 0 heterocycles. The average molecular weight is 270 g/mol. The van der Waals surface area contributed by atoms with Crippen LogP contribution in [0.25, 0.3) is 0 Å². The molecule has 2 rings (SSSR count). The summed E-state index contributed by atoms with van der Waals surface area (Å²) in [6.07, 6.45) is 1.79. The van der Waals surface area contributed by atoms with E-state index in [1.807, 2.05) is 37.3 Å². The molecule has 0 unspecified atom stereocenters. The van der Waals surface area contributed by atoms with Crippen molar-refractivity contribution in [2.24, 2.45) is 0 Å². The van der Waals surface area contributed by atoms with E-state index in [4.69, 9.17) is 0 Å². The molecule has 2 aromatic carbocycles. The highest BCUT2D eigenvalue weighted by atomic mass is 16.3. The normalized spacial score (nSPS) is 11.6. The molecule has 2 nitrogen and oxygen atoms in total. The summed E-state index contributed by atoms with van der Waals surface area (Å²) < 4.78 is 0. The van der Waals surface area contributed by atoms with Crippen LogP contribution < -0.4 is 0 Å². The quantitative estimate of drug-likeness (QED) is 0.858. The molecule has 0 bridgehead atoms. The standard InChI is InChI=1S/C18H22O2/c1-4-18(5-2,15-8-6-7-9-17(15)20)14-10-11-16(19)13(3)12-14/h6-12,19-20H,4-5H2,1-3H3. The van der Waals surface area contributed by atoms with Gasteiger partial charge in [0.25, 0.3) is 0 Å². The number of aromatic hydroxyl groups is 2. The number of benzene rings is 2. The minimum atomic E-state index is -0.218. The zero-order valence-corrected chi connectivity index (χ0v) is 12.4. The fourth-order valence-electron chi connectivity index (χ4n) is 3.03. The van der Waals surface area contributed by atoms with Crippen LogP contribution in [0, 0.1) is 6.92 Å². The zero-order chi connectivity index (χ0) is 14.8. The van der Waals surface area contributed by atoms with Gasteiger partial charge >= 0.3 is 0 Å². The summed E-state index contributed by atoms with van der Waals surface area (Å²) in [5.74, 6) is 0.647. The van der Waals surface area contributed by atoms with E-state index in [1.54, 1.807) is 12.1 Å². The second-order valence-corrected chi connectivity index (χ2v) is 5.31. The highest BCUT2D eigenvalue weighted by molar-refractivity contribution is 5.49. The van der Waals surface area contributed by atoms with Gasteiger partial charge < -0.3 is 10.2 Å². The Morgan fingerprint density at radius 1 is 0.900 bits per heavy atom. The van der Waals surface area contributed by atoms with Crippen LogP contribution in [0.1, 0.15) is 43.4 Å². The molecular weight excluding hydrogens is 248 g/mol. The molecule has 0 aliphatic carbocycles. The molecule has 0 radical (unpaired) electrons. The van der Waals surface area contributed by atoms with Crippen LogP contribution in [-0.2, 0) is 5.41 Å². The molecule has 2 N–H and O–H groups in total. The SMILES string of the molecule is CCC(CC)(c1ccc(O)c(C)c1)c1ccccc1O. The number of phenols is 2. The van der Waals surface area contributed by atoms with Gasteiger partial charge in [-0.2, -0.15) is 0 Å². The van der Waals surface area contributed by atoms with Crippen molar-refractivity contribution in [3.63, 3.8) is 0 Å². The monoisotopic (exact) mass is 270 g/mol. The molecule has 0 amide bonds. The van der Waals surface area contributed by atoms with Gasteiger partial charge in [-0.05, 0) is 43.0 Å². The molecule has 106 valence electrons. The summed E-state index contributed by atoms with van der Waals surface area (Å²) in [6, 6.07) is 13.3. The minimum absolute atomic E-state index is 0.218. The van der Waals surface area contributed by atoms with Gasteiger partial charge in [0.1, 0.15) is 11.5 Å². The lowest BCUT2D eigenvalue weighted by Crippen LogP contribution is -2.26. The topological polar surface area (TPSA) is 40.5 Å². The Bertz CT molecular complexity index is 598. The first kappa shape index (κ1) is 14.4. The van der Waals surface area contributed by atoms with Gasteiger partial charge in [-0.15, -0.1) is 0 Å². The molecule has 0 atom stereocenters. The molecule has 2 aromatic rings. The molecule has 0 aliphatic heterocycles. The van der Waals surface area contributed by atoms with Crippen LogP contribution in [0.5, 0.6) is 11.5 Å². The summed E-state index contributed by atoms with van der Waals surface area (Å²) in [5, 5.41) is 20.0. The summed E-state index contributed by atoms with van der Waals surface area (Å²) in [6.45, 7) is 6.18. The smallest absolute Gasteiger partial charge is 0.119 e. The maximum atomic E-state index is 10.2. The number of hydrogen-bond acceptors (Lipinski definition) is 2. The van der Waals surface area contributed by atoms with Gasteiger partial charge in [0.2, 0.25) is 0 Å². The average Bonchev–Trinajstić information content (AvgIpc) is 2.46. The van der Waals surface area contributed by atoms with Crippen LogP contribution in [0.3, 0.4) is 0 Å². The number of aryl methyl sites for hydroxylation is 1. The Hall–Kier alpha value is -1.96. The van der Waals surface area contributed by atoms with Gasteiger partial charge in [0, 0.05) is 11.0 Å². The molecule has 0 fully saturated rings. The maximum absolute atomic E-state index is 10.2. The second kappa shape index (κ2) is 5.58. The lowest BCUT2D eigenvalue weighted by atomic mass is 9.70. The van der Waals surface area contributed by atoms with Gasteiger partial charge in [0.15, 0.2) is 0 Å². The van der Waals surface area contributed by atoms with E-state index >= 15 is 0 Å². The Morgan fingerprint density at radius 3 is 2.10 bits per heavy atom. The first-order valence-corrected chi connectivity index (χ1v) is 7.13. The molecule has 0 saturated heterocycles. The summed E-state index contributed by atoms with van der Waals surface area (Å²) >= 11 is 0. The highest BCUT2D eigenvalue weighted by Gasteiger charge is 2.33. The van der Waals surface area contributed by atoms with Gasteiger partial charge in [-0.25, -0.2) is 0 Å². The van der Waals surface area contributed by atoms with Crippen molar-refractivity contribution in [2.75, 3.05) is 0 Å². The fourth-order valence-corrected chi connectivity index (χ4v) is 3.03. The van der Waals surface area contributed by atoms with Crippen LogP contribution in [-0.4, -0.2) is 10.2 Å². The third-order valence-corrected chi connectivity index (χ3v) is 4.38. The van der Waals surface area contributed by atoms with Crippen molar-refractivity contribution in [3.05, 3.63) is 59.2 Å². The lowest BCUT2D eigenvalue weighted by molar-refractivity contribution is 0.418. The van der Waals surface area contributed by atoms with Gasteiger partial charge in [-0.3, -0.25) is 0 Å². The molecular formula is C18H22O2. The van der Waals surface area contributed by atoms with Crippen molar-refractivity contribution in [1.29, 1.82) is 0 Å². The Labute approximate surface area is 120 Å². The first-order chi connectivity index (χ1) is 9.55. The van der Waals surface area contributed by atoms with Crippen molar-refractivity contribution in [2.45, 2.75) is 39.0 Å². The van der Waals surface area contributed by atoms with E-state index in [0.717, 1.165) is 29.5 Å². The number of rotatable bonds is 4. The fraction of sp³-hybridized carbons (Fsp3) is 0.333. The molecule has 20 heavy (non-hydrogen) atoms. The predicted molar refractivity (Wildman–Crippen MR) is 82.3 cm³/mol. The lowest BCUT2D eigenvalue weighted by Gasteiger charge is -2.34. The Kier molecular flexibility index (Phi) is 4.03.